The molecule has 0 aliphatic carbocycles. The molecule has 1 rings (SSSR count). The van der Waals surface area contributed by atoms with Gasteiger partial charge in [0.05, 0.1) is 6.61 Å². The van der Waals surface area contributed by atoms with Crippen molar-refractivity contribution in [1.82, 2.24) is 0 Å². The van der Waals surface area contributed by atoms with Crippen LogP contribution in [-0.4, -0.2) is 89.2 Å². The van der Waals surface area contributed by atoms with E-state index in [-0.39, 0.29) is 25.9 Å². The molecular weight excluding hydrogens is 877 g/mol. The van der Waals surface area contributed by atoms with Gasteiger partial charge >= 0.3 is 23.9 Å². The van der Waals surface area contributed by atoms with Gasteiger partial charge in [0.25, 0.3) is 0 Å². The van der Waals surface area contributed by atoms with E-state index in [9.17, 15) is 34.5 Å². The highest BCUT2D eigenvalue weighted by Crippen LogP contribution is 2.26. The van der Waals surface area contributed by atoms with Crippen LogP contribution in [0.15, 0.2) is 97.2 Å². The monoisotopic (exact) mass is 967 g/mol. The molecule has 0 amide bonds. The van der Waals surface area contributed by atoms with Gasteiger partial charge < -0.3 is 39.0 Å². The Hall–Kier alpha value is -4.36. The lowest BCUT2D eigenvalue weighted by molar-refractivity contribution is -0.301. The average Bonchev–Trinajstić information content (AvgIpc) is 3.33. The van der Waals surface area contributed by atoms with Crippen LogP contribution >= 0.6 is 0 Å². The standard InChI is InChI=1S/C57H90O12/c1-4-7-10-13-16-19-22-24-25-27-30-33-36-39-42-45-51(60)68-55-53(62)52(61)54(56(63)64)69-57(55)66-47-48(67-50(59)44-41-38-35-32-28-21-18-15-12-9-6-3)46-65-49(58)43-40-37-34-31-29-26-23-20-17-14-11-8-5-2/h7-8,10-11,15-20,24-26,29-30,33,48,52-55,57,61-62H,4-6,9,12-14,21-23,27-28,31-32,34-47H2,1-3H3,(H,63,64)/b10-7-,11-8-,18-15-,19-16-,20-17-,25-24-,29-26-,33-30-. The van der Waals surface area contributed by atoms with Crippen molar-refractivity contribution in [2.24, 2.45) is 0 Å². The quantitative estimate of drug-likeness (QED) is 0.0229. The SMILES string of the molecule is CC/C=C\C/C=C\C/C=C\C/C=C\CCCCC(=O)OC1C(OCC(COC(=O)CCCCC/C=C\C/C=C\C/C=C\CC)OC(=O)CCCCCCC/C=C\CCCC)OC(C(=O)O)C(O)C1O. The lowest BCUT2D eigenvalue weighted by atomic mass is 9.98. The minimum atomic E-state index is -1.92. The summed E-state index contributed by atoms with van der Waals surface area (Å²) < 4.78 is 28.2. The molecule has 1 heterocycles. The van der Waals surface area contributed by atoms with E-state index in [2.05, 4.69) is 118 Å². The number of aliphatic hydroxyl groups is 2. The number of aliphatic carboxylic acids is 1. The third kappa shape index (κ3) is 35.4. The normalized spacial score (nSPS) is 19.5. The fraction of sp³-hybridized carbons (Fsp3) is 0.649. The summed E-state index contributed by atoms with van der Waals surface area (Å²) >= 11 is 0. The second-order valence-electron chi connectivity index (χ2n) is 17.4. The Morgan fingerprint density at radius 2 is 0.913 bits per heavy atom. The number of unbranched alkanes of at least 4 members (excludes halogenated alkanes) is 12. The van der Waals surface area contributed by atoms with Crippen molar-refractivity contribution in [2.45, 2.75) is 225 Å². The maximum Gasteiger partial charge on any atom is 0.335 e. The number of allylic oxidation sites excluding steroid dienone is 16. The third-order valence-electron chi connectivity index (χ3n) is 11.1. The van der Waals surface area contributed by atoms with Gasteiger partial charge in [0, 0.05) is 19.3 Å². The van der Waals surface area contributed by atoms with E-state index < -0.39 is 67.3 Å². The van der Waals surface area contributed by atoms with E-state index in [0.29, 0.717) is 25.7 Å². The van der Waals surface area contributed by atoms with Crippen LogP contribution in [0.2, 0.25) is 0 Å². The van der Waals surface area contributed by atoms with Gasteiger partial charge in [0.2, 0.25) is 0 Å². The van der Waals surface area contributed by atoms with Crippen LogP contribution in [0, 0.1) is 0 Å². The second kappa shape index (κ2) is 44.8. The van der Waals surface area contributed by atoms with Gasteiger partial charge in [-0.05, 0) is 109 Å². The van der Waals surface area contributed by atoms with Crippen molar-refractivity contribution < 1.29 is 58.2 Å². The van der Waals surface area contributed by atoms with Crippen molar-refractivity contribution in [3.8, 4) is 0 Å². The molecule has 0 spiro atoms. The van der Waals surface area contributed by atoms with Crippen LogP contribution in [0.4, 0.5) is 0 Å². The van der Waals surface area contributed by atoms with Crippen LogP contribution in [0.1, 0.15) is 188 Å². The molecule has 6 atom stereocenters. The highest BCUT2D eigenvalue weighted by atomic mass is 16.7. The maximum absolute atomic E-state index is 13.0. The van der Waals surface area contributed by atoms with Crippen LogP contribution in [-0.2, 0) is 42.9 Å². The Morgan fingerprint density at radius 3 is 1.45 bits per heavy atom. The number of carbonyl (C=O) groups is 4. The first-order valence-electron chi connectivity index (χ1n) is 26.2. The van der Waals surface area contributed by atoms with Gasteiger partial charge in [-0.2, -0.15) is 0 Å². The summed E-state index contributed by atoms with van der Waals surface area (Å²) in [7, 11) is 0. The van der Waals surface area contributed by atoms with Gasteiger partial charge in [-0.15, -0.1) is 0 Å². The van der Waals surface area contributed by atoms with Gasteiger partial charge in [0.15, 0.2) is 24.6 Å². The number of aliphatic hydroxyl groups excluding tert-OH is 2. The number of carboxylic acid groups (broad SMARTS) is 1. The average molecular weight is 967 g/mol. The number of hydrogen-bond acceptors (Lipinski definition) is 11. The topological polar surface area (TPSA) is 175 Å². The van der Waals surface area contributed by atoms with Gasteiger partial charge in [-0.3, -0.25) is 14.4 Å². The number of carboxylic acids is 1. The Bertz CT molecular complexity index is 1570. The molecule has 1 saturated heterocycles. The van der Waals surface area contributed by atoms with E-state index in [1.54, 1.807) is 0 Å². The van der Waals surface area contributed by atoms with Crippen molar-refractivity contribution in [1.29, 1.82) is 0 Å². The Kier molecular flexibility index (Phi) is 40.7. The maximum atomic E-state index is 13.0. The van der Waals surface area contributed by atoms with Gasteiger partial charge in [0.1, 0.15) is 18.8 Å². The lowest BCUT2D eigenvalue weighted by Gasteiger charge is -2.40. The van der Waals surface area contributed by atoms with E-state index in [1.807, 2.05) is 0 Å². The summed E-state index contributed by atoms with van der Waals surface area (Å²) in [6.07, 6.45) is 45.5. The molecule has 0 radical (unpaired) electrons. The zero-order valence-electron chi connectivity index (χ0n) is 42.5. The zero-order valence-corrected chi connectivity index (χ0v) is 42.5. The molecule has 390 valence electrons. The van der Waals surface area contributed by atoms with E-state index in [0.717, 1.165) is 109 Å². The lowest BCUT2D eigenvalue weighted by Crippen LogP contribution is -2.61. The smallest absolute Gasteiger partial charge is 0.335 e. The highest BCUT2D eigenvalue weighted by Gasteiger charge is 2.50. The molecule has 1 aliphatic rings. The first kappa shape index (κ1) is 62.7. The molecule has 1 aliphatic heterocycles. The number of ether oxygens (including phenoxy) is 5. The van der Waals surface area contributed by atoms with Crippen molar-refractivity contribution in [3.05, 3.63) is 97.2 Å². The molecule has 0 aromatic carbocycles. The van der Waals surface area contributed by atoms with E-state index >= 15 is 0 Å². The molecule has 3 N–H and O–H groups in total. The minimum Gasteiger partial charge on any atom is -0.479 e. The third-order valence-corrected chi connectivity index (χ3v) is 11.1. The van der Waals surface area contributed by atoms with Crippen LogP contribution in [0.25, 0.3) is 0 Å². The van der Waals surface area contributed by atoms with Gasteiger partial charge in [-0.1, -0.05) is 157 Å². The molecule has 0 saturated carbocycles. The predicted octanol–water partition coefficient (Wildman–Crippen LogP) is 12.6. The summed E-state index contributed by atoms with van der Waals surface area (Å²) in [6.45, 7) is 5.63. The van der Waals surface area contributed by atoms with Crippen molar-refractivity contribution in [2.75, 3.05) is 13.2 Å². The Morgan fingerprint density at radius 1 is 0.493 bits per heavy atom. The molecule has 0 aromatic heterocycles. The largest absolute Gasteiger partial charge is 0.479 e. The number of carbonyl (C=O) groups excluding carboxylic acids is 3. The fourth-order valence-electron chi connectivity index (χ4n) is 7.12. The summed E-state index contributed by atoms with van der Waals surface area (Å²) in [4.78, 5) is 50.8. The molecule has 12 nitrogen and oxygen atoms in total. The predicted molar refractivity (Wildman–Crippen MR) is 275 cm³/mol. The summed E-state index contributed by atoms with van der Waals surface area (Å²) in [6, 6.07) is 0. The molecule has 6 unspecified atom stereocenters. The fourth-order valence-corrected chi connectivity index (χ4v) is 7.12. The summed E-state index contributed by atoms with van der Waals surface area (Å²) in [5, 5.41) is 31.3. The second-order valence-corrected chi connectivity index (χ2v) is 17.4. The molecular formula is C57H90O12. The first-order valence-corrected chi connectivity index (χ1v) is 26.2. The summed E-state index contributed by atoms with van der Waals surface area (Å²) in [5.41, 5.74) is 0. The van der Waals surface area contributed by atoms with Crippen LogP contribution in [0.5, 0.6) is 0 Å². The molecule has 12 heteroatoms. The van der Waals surface area contributed by atoms with Crippen LogP contribution < -0.4 is 0 Å². The number of esters is 3. The van der Waals surface area contributed by atoms with Gasteiger partial charge in [-0.25, -0.2) is 4.79 Å². The number of rotatable bonds is 42. The van der Waals surface area contributed by atoms with E-state index in [4.69, 9.17) is 23.7 Å². The summed E-state index contributed by atoms with van der Waals surface area (Å²) in [5.74, 6) is -3.24. The molecule has 0 bridgehead atoms. The van der Waals surface area contributed by atoms with E-state index in [1.165, 1.54) is 12.8 Å². The highest BCUT2D eigenvalue weighted by molar-refractivity contribution is 5.74. The van der Waals surface area contributed by atoms with Crippen LogP contribution in [0.3, 0.4) is 0 Å². The van der Waals surface area contributed by atoms with Crippen molar-refractivity contribution in [3.63, 3.8) is 0 Å². The van der Waals surface area contributed by atoms with Crippen molar-refractivity contribution >= 4 is 23.9 Å². The molecule has 69 heavy (non-hydrogen) atoms. The molecule has 0 aromatic rings. The molecule has 1 fully saturated rings. The number of hydrogen-bond donors (Lipinski definition) is 3. The first-order chi connectivity index (χ1) is 33.6. The minimum absolute atomic E-state index is 0.0000735. The zero-order chi connectivity index (χ0) is 50.4. The Balaban J connectivity index is 2.78. The Labute approximate surface area is 415 Å².